The Kier molecular flexibility index (Phi) is 3.23. The summed E-state index contributed by atoms with van der Waals surface area (Å²) < 4.78 is 10.5. The van der Waals surface area contributed by atoms with Crippen molar-refractivity contribution in [1.29, 1.82) is 0 Å². The average Bonchev–Trinajstić information content (AvgIpc) is 3.10. The number of aromatic amines is 1. The van der Waals surface area contributed by atoms with Gasteiger partial charge in [0.2, 0.25) is 5.95 Å². The number of ether oxygens (including phenoxy) is 1. The van der Waals surface area contributed by atoms with E-state index in [2.05, 4.69) is 25.7 Å². The molecule has 1 amide bonds. The van der Waals surface area contributed by atoms with Crippen LogP contribution >= 0.6 is 0 Å². The van der Waals surface area contributed by atoms with Gasteiger partial charge in [0.15, 0.2) is 5.82 Å². The molecule has 2 N–H and O–H groups in total. The number of hydrogen-bond donors (Lipinski definition) is 2. The molecule has 1 aliphatic rings. The molecule has 0 saturated carbocycles. The van der Waals surface area contributed by atoms with Crippen LogP contribution in [0.5, 0.6) is 0 Å². The first-order chi connectivity index (χ1) is 9.65. The normalized spacial score (nSPS) is 18.4. The van der Waals surface area contributed by atoms with Gasteiger partial charge in [-0.25, -0.2) is 0 Å². The monoisotopic (exact) mass is 277 g/mol. The third kappa shape index (κ3) is 2.29. The van der Waals surface area contributed by atoms with Crippen LogP contribution < -0.4 is 5.32 Å². The van der Waals surface area contributed by atoms with Crippen molar-refractivity contribution in [3.63, 3.8) is 0 Å². The molecule has 106 valence electrons. The van der Waals surface area contributed by atoms with Crippen LogP contribution in [0.2, 0.25) is 0 Å². The molecule has 8 heteroatoms. The van der Waals surface area contributed by atoms with Crippen molar-refractivity contribution in [2.45, 2.75) is 32.8 Å². The zero-order chi connectivity index (χ0) is 14.1. The summed E-state index contributed by atoms with van der Waals surface area (Å²) in [6.07, 6.45) is 1.85. The van der Waals surface area contributed by atoms with Crippen LogP contribution in [0.4, 0.5) is 5.95 Å². The number of H-pyrrole nitrogens is 1. The molecule has 2 aromatic rings. The molecule has 2 aromatic heterocycles. The Balaban J connectivity index is 1.73. The van der Waals surface area contributed by atoms with Gasteiger partial charge in [0, 0.05) is 6.61 Å². The first-order valence-electron chi connectivity index (χ1n) is 6.43. The van der Waals surface area contributed by atoms with E-state index in [1.54, 1.807) is 13.8 Å². The third-order valence-corrected chi connectivity index (χ3v) is 3.22. The molecule has 1 fully saturated rings. The number of nitrogens with one attached hydrogen (secondary N) is 2. The van der Waals surface area contributed by atoms with Crippen molar-refractivity contribution in [3.05, 3.63) is 22.8 Å². The molecule has 8 nitrogen and oxygen atoms in total. The lowest BCUT2D eigenvalue weighted by Gasteiger charge is -2.03. The Labute approximate surface area is 114 Å². The van der Waals surface area contributed by atoms with Crippen LogP contribution in [0.3, 0.4) is 0 Å². The Morgan fingerprint density at radius 3 is 2.95 bits per heavy atom. The van der Waals surface area contributed by atoms with Gasteiger partial charge in [0.25, 0.3) is 5.91 Å². The summed E-state index contributed by atoms with van der Waals surface area (Å²) in [5.74, 6) is 0.992. The van der Waals surface area contributed by atoms with Gasteiger partial charge in [-0.1, -0.05) is 5.16 Å². The predicted octanol–water partition coefficient (Wildman–Crippen LogP) is 1.51. The van der Waals surface area contributed by atoms with Crippen molar-refractivity contribution in [1.82, 2.24) is 20.3 Å². The molecule has 1 atom stereocenters. The fourth-order valence-corrected chi connectivity index (χ4v) is 2.24. The SMILES string of the molecule is Cc1noc(C)c1C(=O)Nc1n[nH]c([C@H]2CCCO2)n1. The van der Waals surface area contributed by atoms with Crippen LogP contribution in [0.25, 0.3) is 0 Å². The lowest BCUT2D eigenvalue weighted by atomic mass is 10.2. The zero-order valence-corrected chi connectivity index (χ0v) is 11.3. The lowest BCUT2D eigenvalue weighted by Crippen LogP contribution is -2.14. The molecular weight excluding hydrogens is 262 g/mol. The summed E-state index contributed by atoms with van der Waals surface area (Å²) >= 11 is 0. The van der Waals surface area contributed by atoms with Crippen molar-refractivity contribution in [3.8, 4) is 0 Å². The first-order valence-corrected chi connectivity index (χ1v) is 6.43. The largest absolute Gasteiger partial charge is 0.370 e. The van der Waals surface area contributed by atoms with Gasteiger partial charge in [-0.3, -0.25) is 15.2 Å². The van der Waals surface area contributed by atoms with Gasteiger partial charge in [0.05, 0.1) is 5.69 Å². The molecule has 20 heavy (non-hydrogen) atoms. The Morgan fingerprint density at radius 1 is 1.45 bits per heavy atom. The van der Waals surface area contributed by atoms with E-state index in [0.29, 0.717) is 22.8 Å². The highest BCUT2D eigenvalue weighted by Crippen LogP contribution is 2.26. The summed E-state index contributed by atoms with van der Waals surface area (Å²) in [6.45, 7) is 4.12. The Hall–Kier alpha value is -2.22. The predicted molar refractivity (Wildman–Crippen MR) is 68.2 cm³/mol. The number of nitrogens with zero attached hydrogens (tertiary/aromatic N) is 3. The second-order valence-electron chi connectivity index (χ2n) is 4.70. The van der Waals surface area contributed by atoms with E-state index in [4.69, 9.17) is 9.26 Å². The van der Waals surface area contributed by atoms with E-state index in [0.717, 1.165) is 19.4 Å². The third-order valence-electron chi connectivity index (χ3n) is 3.22. The molecule has 3 heterocycles. The summed E-state index contributed by atoms with van der Waals surface area (Å²) in [7, 11) is 0. The molecule has 1 aliphatic heterocycles. The van der Waals surface area contributed by atoms with Crippen molar-refractivity contribution < 1.29 is 14.1 Å². The summed E-state index contributed by atoms with van der Waals surface area (Å²) in [4.78, 5) is 16.3. The molecule has 0 spiro atoms. The number of rotatable bonds is 3. The topological polar surface area (TPSA) is 106 Å². The number of carbonyl (C=O) groups is 1. The maximum Gasteiger partial charge on any atom is 0.263 e. The molecule has 1 saturated heterocycles. The minimum Gasteiger partial charge on any atom is -0.370 e. The summed E-state index contributed by atoms with van der Waals surface area (Å²) in [5.41, 5.74) is 0.948. The number of carbonyl (C=O) groups excluding carboxylic acids is 1. The van der Waals surface area contributed by atoms with Gasteiger partial charge in [-0.2, -0.15) is 4.98 Å². The van der Waals surface area contributed by atoms with E-state index >= 15 is 0 Å². The van der Waals surface area contributed by atoms with Crippen LogP contribution in [0.15, 0.2) is 4.52 Å². The number of amides is 1. The van der Waals surface area contributed by atoms with E-state index in [1.807, 2.05) is 0 Å². The first kappa shape index (κ1) is 12.8. The van der Waals surface area contributed by atoms with Crippen LogP contribution in [-0.2, 0) is 4.74 Å². The molecule has 0 aromatic carbocycles. The quantitative estimate of drug-likeness (QED) is 0.880. The van der Waals surface area contributed by atoms with E-state index < -0.39 is 0 Å². The average molecular weight is 277 g/mol. The van der Waals surface area contributed by atoms with E-state index in [1.165, 1.54) is 0 Å². The Morgan fingerprint density at radius 2 is 2.30 bits per heavy atom. The molecule has 0 bridgehead atoms. The van der Waals surface area contributed by atoms with Crippen LogP contribution in [0.1, 0.15) is 46.6 Å². The molecule has 0 aliphatic carbocycles. The maximum atomic E-state index is 12.1. The maximum absolute atomic E-state index is 12.1. The Bertz CT molecular complexity index is 607. The van der Waals surface area contributed by atoms with E-state index in [9.17, 15) is 4.79 Å². The number of anilines is 1. The molecule has 3 rings (SSSR count). The molecular formula is C12H15N5O3. The highest BCUT2D eigenvalue weighted by Gasteiger charge is 2.23. The van der Waals surface area contributed by atoms with Crippen molar-refractivity contribution in [2.75, 3.05) is 11.9 Å². The summed E-state index contributed by atoms with van der Waals surface area (Å²) in [6, 6.07) is 0. The van der Waals surface area contributed by atoms with Gasteiger partial charge >= 0.3 is 0 Å². The highest BCUT2D eigenvalue weighted by atomic mass is 16.5. The fraction of sp³-hybridized carbons (Fsp3) is 0.500. The lowest BCUT2D eigenvalue weighted by molar-refractivity contribution is 0.102. The van der Waals surface area contributed by atoms with E-state index in [-0.39, 0.29) is 18.0 Å². The van der Waals surface area contributed by atoms with Crippen molar-refractivity contribution in [2.24, 2.45) is 0 Å². The smallest absolute Gasteiger partial charge is 0.263 e. The minimum atomic E-state index is -0.334. The fourth-order valence-electron chi connectivity index (χ4n) is 2.24. The summed E-state index contributed by atoms with van der Waals surface area (Å²) in [5, 5.41) is 13.1. The van der Waals surface area contributed by atoms with Gasteiger partial charge in [-0.05, 0) is 26.7 Å². The molecule has 0 unspecified atom stereocenters. The number of aromatic nitrogens is 4. The zero-order valence-electron chi connectivity index (χ0n) is 11.3. The van der Waals surface area contributed by atoms with Gasteiger partial charge in [-0.15, -0.1) is 5.10 Å². The minimum absolute atomic E-state index is 0.0628. The van der Waals surface area contributed by atoms with Gasteiger partial charge in [0.1, 0.15) is 17.4 Å². The van der Waals surface area contributed by atoms with Crippen molar-refractivity contribution >= 4 is 11.9 Å². The molecule has 0 radical (unpaired) electrons. The standard InChI is InChI=1S/C12H15N5O3/c1-6-9(7(2)20-17-6)11(18)14-12-13-10(15-16-12)8-4-3-5-19-8/h8H,3-5H2,1-2H3,(H2,13,14,15,16,18)/t8-/m1/s1. The number of hydrogen-bond acceptors (Lipinski definition) is 6. The highest BCUT2D eigenvalue weighted by molar-refractivity contribution is 6.04. The van der Waals surface area contributed by atoms with Crippen LogP contribution in [-0.4, -0.2) is 32.9 Å². The second-order valence-corrected chi connectivity index (χ2v) is 4.70. The number of aryl methyl sites for hydroxylation is 2. The van der Waals surface area contributed by atoms with Crippen LogP contribution in [0, 0.1) is 13.8 Å². The van der Waals surface area contributed by atoms with Gasteiger partial charge < -0.3 is 9.26 Å². The second kappa shape index (κ2) is 5.04.